The van der Waals surface area contributed by atoms with Gasteiger partial charge in [0, 0.05) is 5.56 Å². The van der Waals surface area contributed by atoms with Crippen LogP contribution >= 0.6 is 0 Å². The van der Waals surface area contributed by atoms with E-state index in [9.17, 15) is 13.2 Å². The second kappa shape index (κ2) is 11.5. The molecule has 0 atom stereocenters. The maximum Gasteiger partial charge on any atom is 0.272 e. The number of sulfonamides is 1. The number of carbonyl (C=O) groups is 1. The van der Waals surface area contributed by atoms with Gasteiger partial charge in [0.1, 0.15) is 0 Å². The van der Waals surface area contributed by atoms with Crippen molar-refractivity contribution in [2.75, 3.05) is 24.1 Å². The van der Waals surface area contributed by atoms with Crippen molar-refractivity contribution in [3.05, 3.63) is 76.9 Å². The Labute approximate surface area is 213 Å². The fourth-order valence-corrected chi connectivity index (χ4v) is 5.22. The zero-order valence-corrected chi connectivity index (χ0v) is 22.4. The fraction of sp³-hybridized carbons (Fsp3) is 0.321. The van der Waals surface area contributed by atoms with E-state index in [2.05, 4.69) is 0 Å². The number of hydrogen-bond acceptors (Lipinski definition) is 6. The van der Waals surface area contributed by atoms with Gasteiger partial charge in [-0.15, -0.1) is 0 Å². The summed E-state index contributed by atoms with van der Waals surface area (Å²) in [5, 5.41) is 0. The minimum absolute atomic E-state index is 0.0170. The highest BCUT2D eigenvalue weighted by molar-refractivity contribution is 7.93. The van der Waals surface area contributed by atoms with E-state index in [4.69, 9.17) is 14.2 Å². The highest BCUT2D eigenvalue weighted by Crippen LogP contribution is 2.40. The van der Waals surface area contributed by atoms with E-state index in [1.165, 1.54) is 24.3 Å². The van der Waals surface area contributed by atoms with Crippen LogP contribution in [0.25, 0.3) is 0 Å². The van der Waals surface area contributed by atoms with E-state index in [0.717, 1.165) is 15.4 Å². The highest BCUT2D eigenvalue weighted by atomic mass is 32.2. The van der Waals surface area contributed by atoms with E-state index in [1.54, 1.807) is 31.2 Å². The normalized spacial score (nSPS) is 11.2. The summed E-state index contributed by atoms with van der Waals surface area (Å²) in [6, 6.07) is 14.7. The minimum Gasteiger partial charge on any atom is -0.490 e. The predicted molar refractivity (Wildman–Crippen MR) is 141 cm³/mol. The molecule has 1 amide bonds. The number of hydrogen-bond donors (Lipinski definition) is 0. The molecule has 3 aromatic rings. The number of ether oxygens (including phenoxy) is 3. The van der Waals surface area contributed by atoms with Gasteiger partial charge in [0.15, 0.2) is 11.5 Å². The summed E-state index contributed by atoms with van der Waals surface area (Å²) in [5.74, 6) is 0.260. The van der Waals surface area contributed by atoms with Crippen LogP contribution in [0, 0.1) is 20.8 Å². The van der Waals surface area contributed by atoms with Crippen LogP contribution in [0.15, 0.2) is 59.5 Å². The van der Waals surface area contributed by atoms with E-state index < -0.39 is 15.9 Å². The topological polar surface area (TPSA) is 82.1 Å². The highest BCUT2D eigenvalue weighted by Gasteiger charge is 2.34. The Bertz CT molecular complexity index is 1310. The molecule has 0 unspecified atom stereocenters. The van der Waals surface area contributed by atoms with E-state index >= 15 is 0 Å². The van der Waals surface area contributed by atoms with E-state index in [-0.39, 0.29) is 16.1 Å². The average molecular weight is 512 g/mol. The molecule has 0 aliphatic rings. The lowest BCUT2D eigenvalue weighted by Gasteiger charge is -2.26. The molecule has 0 radical (unpaired) electrons. The van der Waals surface area contributed by atoms with Crippen molar-refractivity contribution in [3.63, 3.8) is 0 Å². The van der Waals surface area contributed by atoms with E-state index in [1.807, 2.05) is 40.7 Å². The number of benzene rings is 3. The Hall–Kier alpha value is -3.52. The van der Waals surface area contributed by atoms with Crippen LogP contribution in [0.1, 0.15) is 47.8 Å². The van der Waals surface area contributed by atoms with Gasteiger partial charge in [-0.1, -0.05) is 29.8 Å². The van der Waals surface area contributed by atoms with Crippen LogP contribution in [0.3, 0.4) is 0 Å². The van der Waals surface area contributed by atoms with Gasteiger partial charge in [-0.05, 0) is 83.0 Å². The molecule has 0 saturated heterocycles. The molecule has 0 aromatic heterocycles. The lowest BCUT2D eigenvalue weighted by molar-refractivity contribution is 0.100. The number of aryl methyl sites for hydroxylation is 2. The molecular formula is C28H33NO6S. The van der Waals surface area contributed by atoms with Crippen molar-refractivity contribution >= 4 is 21.6 Å². The molecule has 192 valence electrons. The monoisotopic (exact) mass is 511 g/mol. The quantitative estimate of drug-likeness (QED) is 0.340. The van der Waals surface area contributed by atoms with Crippen LogP contribution in [-0.2, 0) is 10.0 Å². The summed E-state index contributed by atoms with van der Waals surface area (Å²) < 4.78 is 46.0. The third kappa shape index (κ3) is 5.49. The SMILES string of the molecule is CCOc1cc(C(=O)N(c2cccc(C)c2C)S(=O)(=O)c2ccc(C)cc2)cc(OCC)c1OCC. The Morgan fingerprint density at radius 3 is 1.89 bits per heavy atom. The van der Waals surface area contributed by atoms with Crippen molar-refractivity contribution in [1.82, 2.24) is 0 Å². The molecule has 0 fully saturated rings. The number of amides is 1. The minimum atomic E-state index is -4.26. The summed E-state index contributed by atoms with van der Waals surface area (Å²) in [6.07, 6.45) is 0. The maximum atomic E-state index is 14.1. The van der Waals surface area contributed by atoms with Gasteiger partial charge in [-0.25, -0.2) is 8.42 Å². The lowest BCUT2D eigenvalue weighted by atomic mass is 10.1. The molecule has 0 spiro atoms. The van der Waals surface area contributed by atoms with Gasteiger partial charge in [0.05, 0.1) is 30.4 Å². The Kier molecular flexibility index (Phi) is 8.63. The summed E-state index contributed by atoms with van der Waals surface area (Å²) in [6.45, 7) is 12.0. The molecule has 0 aliphatic heterocycles. The zero-order valence-electron chi connectivity index (χ0n) is 21.6. The first-order valence-electron chi connectivity index (χ1n) is 11.9. The van der Waals surface area contributed by atoms with Crippen LogP contribution in [0.4, 0.5) is 5.69 Å². The molecule has 0 aliphatic carbocycles. The first kappa shape index (κ1) is 27.1. The average Bonchev–Trinajstić information content (AvgIpc) is 2.84. The molecular weight excluding hydrogens is 478 g/mol. The number of rotatable bonds is 10. The first-order chi connectivity index (χ1) is 17.1. The molecule has 0 heterocycles. The molecule has 0 N–H and O–H groups in total. The number of carbonyl (C=O) groups excluding carboxylic acids is 1. The largest absolute Gasteiger partial charge is 0.490 e. The van der Waals surface area contributed by atoms with Crippen molar-refractivity contribution < 1.29 is 27.4 Å². The maximum absolute atomic E-state index is 14.1. The van der Waals surface area contributed by atoms with Gasteiger partial charge < -0.3 is 14.2 Å². The van der Waals surface area contributed by atoms with Gasteiger partial charge in [0.25, 0.3) is 15.9 Å². The second-order valence-corrected chi connectivity index (χ2v) is 9.99. The number of anilines is 1. The Balaban J connectivity index is 2.27. The third-order valence-corrected chi connectivity index (χ3v) is 7.41. The molecule has 7 nitrogen and oxygen atoms in total. The summed E-state index contributed by atoms with van der Waals surface area (Å²) >= 11 is 0. The van der Waals surface area contributed by atoms with Crippen LogP contribution in [0.5, 0.6) is 17.2 Å². The third-order valence-electron chi connectivity index (χ3n) is 5.69. The predicted octanol–water partition coefficient (Wildman–Crippen LogP) is 5.84. The molecule has 3 rings (SSSR count). The summed E-state index contributed by atoms with van der Waals surface area (Å²) in [4.78, 5) is 14.1. The number of nitrogens with zero attached hydrogens (tertiary/aromatic N) is 1. The van der Waals surface area contributed by atoms with Crippen molar-refractivity contribution in [1.29, 1.82) is 0 Å². The van der Waals surface area contributed by atoms with Gasteiger partial charge in [-0.2, -0.15) is 4.31 Å². The smallest absolute Gasteiger partial charge is 0.272 e. The fourth-order valence-electron chi connectivity index (χ4n) is 3.75. The Morgan fingerprint density at radius 2 is 1.36 bits per heavy atom. The second-order valence-electron chi connectivity index (χ2n) is 8.21. The van der Waals surface area contributed by atoms with Crippen LogP contribution in [-0.4, -0.2) is 34.1 Å². The Morgan fingerprint density at radius 1 is 0.806 bits per heavy atom. The van der Waals surface area contributed by atoms with Gasteiger partial charge >= 0.3 is 0 Å². The molecule has 36 heavy (non-hydrogen) atoms. The van der Waals surface area contributed by atoms with Crippen molar-refractivity contribution in [2.24, 2.45) is 0 Å². The van der Waals surface area contributed by atoms with Crippen LogP contribution < -0.4 is 18.5 Å². The van der Waals surface area contributed by atoms with Crippen LogP contribution in [0.2, 0.25) is 0 Å². The van der Waals surface area contributed by atoms with Crippen molar-refractivity contribution in [3.8, 4) is 17.2 Å². The molecule has 3 aromatic carbocycles. The van der Waals surface area contributed by atoms with Crippen molar-refractivity contribution in [2.45, 2.75) is 46.4 Å². The van der Waals surface area contributed by atoms with Gasteiger partial charge in [0.2, 0.25) is 5.75 Å². The van der Waals surface area contributed by atoms with E-state index in [0.29, 0.717) is 42.6 Å². The summed E-state index contributed by atoms with van der Waals surface area (Å²) in [5.41, 5.74) is 2.84. The first-order valence-corrected chi connectivity index (χ1v) is 13.4. The van der Waals surface area contributed by atoms with Gasteiger partial charge in [-0.3, -0.25) is 4.79 Å². The standard InChI is InChI=1S/C28H33NO6S/c1-7-33-25-17-22(18-26(34-8-2)27(25)35-9-3)28(30)29(24-12-10-11-20(5)21(24)6)36(31,32)23-15-13-19(4)14-16-23/h10-18H,7-9H2,1-6H3. The molecule has 0 bridgehead atoms. The zero-order chi connectivity index (χ0) is 26.5. The molecule has 8 heteroatoms. The lowest BCUT2D eigenvalue weighted by Crippen LogP contribution is -2.37. The summed E-state index contributed by atoms with van der Waals surface area (Å²) in [7, 11) is -4.26. The molecule has 0 saturated carbocycles.